The molecule has 0 saturated carbocycles. The van der Waals surface area contributed by atoms with E-state index < -0.39 is 36.1 Å². The monoisotopic (exact) mass is 424 g/mol. The van der Waals surface area contributed by atoms with Gasteiger partial charge in [0.05, 0.1) is 12.7 Å². The average molecular weight is 424 g/mol. The van der Waals surface area contributed by atoms with Crippen LogP contribution in [-0.4, -0.2) is 46.9 Å². The van der Waals surface area contributed by atoms with Gasteiger partial charge in [-0.2, -0.15) is 0 Å². The third-order valence-corrected chi connectivity index (χ3v) is 4.48. The number of hydrogen-bond acceptors (Lipinski definition) is 5. The lowest BCUT2D eigenvalue weighted by molar-refractivity contribution is -0.274. The molecule has 10 heteroatoms. The van der Waals surface area contributed by atoms with Crippen molar-refractivity contribution in [2.24, 2.45) is 0 Å². The summed E-state index contributed by atoms with van der Waals surface area (Å²) in [5.74, 6) is -1.77. The summed E-state index contributed by atoms with van der Waals surface area (Å²) in [4.78, 5) is 31.5. The fraction of sp³-hybridized carbons (Fsp3) is 0.300. The molecule has 2 aromatic rings. The normalized spacial score (nSPS) is 18.9. The number of aliphatic hydroxyl groups is 1. The Kier molecular flexibility index (Phi) is 6.58. The standard InChI is InChI=1S/C20H19F3N2O5/c21-20(22,23)30-15-8-6-14(7-9-15)19(28)25-11-10-16(26)17(25)18(27)24-29-12-13-4-2-1-3-5-13/h1-9,16-17,26H,10-12H2,(H,24,27)/t16-,17-/m1/s1. The van der Waals surface area contributed by atoms with Crippen LogP contribution in [0.4, 0.5) is 13.2 Å². The molecule has 0 radical (unpaired) electrons. The van der Waals surface area contributed by atoms with E-state index in [4.69, 9.17) is 4.84 Å². The number of likely N-dealkylation sites (tertiary alicyclic amines) is 1. The lowest BCUT2D eigenvalue weighted by Gasteiger charge is -2.25. The highest BCUT2D eigenvalue weighted by molar-refractivity contribution is 5.98. The van der Waals surface area contributed by atoms with Gasteiger partial charge in [-0.25, -0.2) is 5.48 Å². The molecule has 160 valence electrons. The molecule has 2 aromatic carbocycles. The Morgan fingerprint density at radius 2 is 1.77 bits per heavy atom. The van der Waals surface area contributed by atoms with E-state index in [-0.39, 0.29) is 25.1 Å². The van der Waals surface area contributed by atoms with Gasteiger partial charge in [0.25, 0.3) is 11.8 Å². The second-order valence-corrected chi connectivity index (χ2v) is 6.61. The first-order valence-corrected chi connectivity index (χ1v) is 9.05. The van der Waals surface area contributed by atoms with Crippen molar-refractivity contribution in [2.45, 2.75) is 31.5 Å². The molecule has 0 aliphatic carbocycles. The molecule has 1 heterocycles. The van der Waals surface area contributed by atoms with Crippen LogP contribution in [0.2, 0.25) is 0 Å². The molecule has 7 nitrogen and oxygen atoms in total. The van der Waals surface area contributed by atoms with E-state index in [1.807, 2.05) is 18.2 Å². The van der Waals surface area contributed by atoms with Crippen LogP contribution in [0.5, 0.6) is 5.75 Å². The van der Waals surface area contributed by atoms with Gasteiger partial charge >= 0.3 is 6.36 Å². The van der Waals surface area contributed by atoms with E-state index in [1.54, 1.807) is 12.1 Å². The number of ether oxygens (including phenoxy) is 1. The first-order valence-electron chi connectivity index (χ1n) is 9.05. The van der Waals surface area contributed by atoms with Crippen LogP contribution in [0.15, 0.2) is 54.6 Å². The van der Waals surface area contributed by atoms with Gasteiger partial charge in [-0.15, -0.1) is 13.2 Å². The molecule has 0 unspecified atom stereocenters. The topological polar surface area (TPSA) is 88.1 Å². The van der Waals surface area contributed by atoms with Crippen molar-refractivity contribution in [1.29, 1.82) is 0 Å². The average Bonchev–Trinajstić information content (AvgIpc) is 3.09. The predicted octanol–water partition coefficient (Wildman–Crippen LogP) is 2.41. The number of aliphatic hydroxyl groups excluding tert-OH is 1. The molecule has 30 heavy (non-hydrogen) atoms. The van der Waals surface area contributed by atoms with Crippen LogP contribution in [0.3, 0.4) is 0 Å². The molecule has 1 fully saturated rings. The number of amides is 2. The minimum absolute atomic E-state index is 0.0571. The van der Waals surface area contributed by atoms with Gasteiger partial charge in [0.2, 0.25) is 0 Å². The number of nitrogens with one attached hydrogen (secondary N) is 1. The van der Waals surface area contributed by atoms with Crippen LogP contribution >= 0.6 is 0 Å². The van der Waals surface area contributed by atoms with Crippen molar-refractivity contribution in [2.75, 3.05) is 6.54 Å². The van der Waals surface area contributed by atoms with Crippen LogP contribution < -0.4 is 10.2 Å². The molecule has 0 aromatic heterocycles. The molecule has 1 saturated heterocycles. The summed E-state index contributed by atoms with van der Waals surface area (Å²) < 4.78 is 40.5. The Hall–Kier alpha value is -3.11. The Morgan fingerprint density at radius 1 is 1.10 bits per heavy atom. The van der Waals surface area contributed by atoms with Crippen LogP contribution in [-0.2, 0) is 16.2 Å². The molecule has 2 atom stereocenters. The summed E-state index contributed by atoms with van der Waals surface area (Å²) in [7, 11) is 0. The summed E-state index contributed by atoms with van der Waals surface area (Å²) in [6.45, 7) is 0.210. The van der Waals surface area contributed by atoms with Crippen molar-refractivity contribution < 1.29 is 37.4 Å². The SMILES string of the molecule is O=C(NOCc1ccccc1)[C@H]1[C@H](O)CCN1C(=O)c1ccc(OC(F)(F)F)cc1. The summed E-state index contributed by atoms with van der Waals surface area (Å²) in [5.41, 5.74) is 3.11. The molecule has 2 N–H and O–H groups in total. The van der Waals surface area contributed by atoms with Crippen molar-refractivity contribution in [3.05, 3.63) is 65.7 Å². The summed E-state index contributed by atoms with van der Waals surface area (Å²) in [5, 5.41) is 10.2. The predicted molar refractivity (Wildman–Crippen MR) is 97.9 cm³/mol. The van der Waals surface area contributed by atoms with Gasteiger partial charge < -0.3 is 14.7 Å². The van der Waals surface area contributed by atoms with E-state index in [0.29, 0.717) is 0 Å². The van der Waals surface area contributed by atoms with Gasteiger partial charge in [-0.1, -0.05) is 30.3 Å². The van der Waals surface area contributed by atoms with Gasteiger partial charge in [-0.3, -0.25) is 14.4 Å². The Labute approximate surface area is 170 Å². The zero-order chi connectivity index (χ0) is 21.7. The molecule has 0 bridgehead atoms. The minimum atomic E-state index is -4.84. The highest BCUT2D eigenvalue weighted by Crippen LogP contribution is 2.25. The first kappa shape index (κ1) is 21.6. The van der Waals surface area contributed by atoms with Gasteiger partial charge in [-0.05, 0) is 36.2 Å². The van der Waals surface area contributed by atoms with E-state index >= 15 is 0 Å². The maximum Gasteiger partial charge on any atom is 0.573 e. The number of alkyl halides is 3. The van der Waals surface area contributed by atoms with Crippen molar-refractivity contribution in [3.63, 3.8) is 0 Å². The number of halogens is 3. The van der Waals surface area contributed by atoms with E-state index in [1.165, 1.54) is 0 Å². The maximum atomic E-state index is 12.7. The van der Waals surface area contributed by atoms with E-state index in [0.717, 1.165) is 34.7 Å². The van der Waals surface area contributed by atoms with Crippen LogP contribution in [0.25, 0.3) is 0 Å². The summed E-state index contributed by atoms with van der Waals surface area (Å²) in [6, 6.07) is 12.2. The van der Waals surface area contributed by atoms with Gasteiger partial charge in [0.15, 0.2) is 0 Å². The molecule has 2 amide bonds. The third kappa shape index (κ3) is 5.49. The summed E-state index contributed by atoms with van der Waals surface area (Å²) >= 11 is 0. The molecular formula is C20H19F3N2O5. The molecule has 1 aliphatic heterocycles. The van der Waals surface area contributed by atoms with Gasteiger partial charge in [0, 0.05) is 12.1 Å². The molecule has 0 spiro atoms. The zero-order valence-corrected chi connectivity index (χ0v) is 15.6. The lowest BCUT2D eigenvalue weighted by atomic mass is 10.1. The highest BCUT2D eigenvalue weighted by Gasteiger charge is 2.41. The van der Waals surface area contributed by atoms with Crippen molar-refractivity contribution >= 4 is 11.8 Å². The Bertz CT molecular complexity index is 874. The molecule has 3 rings (SSSR count). The Balaban J connectivity index is 1.62. The van der Waals surface area contributed by atoms with Crippen molar-refractivity contribution in [3.8, 4) is 5.75 Å². The van der Waals surface area contributed by atoms with Gasteiger partial charge in [0.1, 0.15) is 11.8 Å². The van der Waals surface area contributed by atoms with Crippen molar-refractivity contribution in [1.82, 2.24) is 10.4 Å². The number of hydroxylamine groups is 1. The molecular weight excluding hydrogens is 405 g/mol. The third-order valence-electron chi connectivity index (χ3n) is 4.48. The molecule has 1 aliphatic rings. The fourth-order valence-electron chi connectivity index (χ4n) is 3.11. The second kappa shape index (κ2) is 9.14. The second-order valence-electron chi connectivity index (χ2n) is 6.61. The highest BCUT2D eigenvalue weighted by atomic mass is 19.4. The number of rotatable bonds is 6. The van der Waals surface area contributed by atoms with E-state index in [2.05, 4.69) is 10.2 Å². The largest absolute Gasteiger partial charge is 0.573 e. The number of carbonyl (C=O) groups is 2. The number of hydrogen-bond donors (Lipinski definition) is 2. The number of carbonyl (C=O) groups excluding carboxylic acids is 2. The van der Waals surface area contributed by atoms with E-state index in [9.17, 15) is 27.9 Å². The van der Waals surface area contributed by atoms with Crippen LogP contribution in [0.1, 0.15) is 22.3 Å². The van der Waals surface area contributed by atoms with Crippen LogP contribution in [0, 0.1) is 0 Å². The first-order chi connectivity index (χ1) is 14.2. The summed E-state index contributed by atoms with van der Waals surface area (Å²) in [6.07, 6.45) is -5.76. The lowest BCUT2D eigenvalue weighted by Crippen LogP contribution is -2.50. The quantitative estimate of drug-likeness (QED) is 0.696. The number of benzene rings is 2. The fourth-order valence-corrected chi connectivity index (χ4v) is 3.11. The Morgan fingerprint density at radius 3 is 2.40 bits per heavy atom. The minimum Gasteiger partial charge on any atom is -0.406 e. The maximum absolute atomic E-state index is 12.7. The zero-order valence-electron chi connectivity index (χ0n) is 15.6. The smallest absolute Gasteiger partial charge is 0.406 e. The number of nitrogens with zero attached hydrogens (tertiary/aromatic N) is 1.